The summed E-state index contributed by atoms with van der Waals surface area (Å²) >= 11 is 0. The van der Waals surface area contributed by atoms with E-state index in [1.165, 1.54) is 0 Å². The molecule has 3 heteroatoms. The molecule has 2 nitrogen and oxygen atoms in total. The highest BCUT2D eigenvalue weighted by Gasteiger charge is 2.03. The van der Waals surface area contributed by atoms with Crippen LogP contribution in [0.3, 0.4) is 0 Å². The number of rotatable bonds is 5. The summed E-state index contributed by atoms with van der Waals surface area (Å²) in [6, 6.07) is 0. The SMILES string of the molecule is CC(C)C(=O)NCCCCF. The molecule has 0 aromatic carbocycles. The van der Waals surface area contributed by atoms with Crippen molar-refractivity contribution in [3.8, 4) is 0 Å². The van der Waals surface area contributed by atoms with Gasteiger partial charge < -0.3 is 5.32 Å². The van der Waals surface area contributed by atoms with E-state index in [9.17, 15) is 9.18 Å². The Balaban J connectivity index is 3.18. The summed E-state index contributed by atoms with van der Waals surface area (Å²) in [5.41, 5.74) is 0. The van der Waals surface area contributed by atoms with Crippen molar-refractivity contribution < 1.29 is 9.18 Å². The Labute approximate surface area is 67.2 Å². The Morgan fingerprint density at radius 1 is 1.45 bits per heavy atom. The van der Waals surface area contributed by atoms with Crippen LogP contribution in [0.1, 0.15) is 26.7 Å². The summed E-state index contributed by atoms with van der Waals surface area (Å²) in [4.78, 5) is 10.9. The Hall–Kier alpha value is -0.600. The molecule has 0 atom stereocenters. The van der Waals surface area contributed by atoms with Crippen LogP contribution in [0.5, 0.6) is 0 Å². The first kappa shape index (κ1) is 10.4. The lowest BCUT2D eigenvalue weighted by molar-refractivity contribution is -0.123. The highest BCUT2D eigenvalue weighted by Crippen LogP contribution is 1.92. The molecule has 0 fully saturated rings. The summed E-state index contributed by atoms with van der Waals surface area (Å²) in [6.45, 7) is 3.98. The fourth-order valence-corrected chi connectivity index (χ4v) is 0.635. The van der Waals surface area contributed by atoms with Crippen molar-refractivity contribution >= 4 is 5.91 Å². The minimum absolute atomic E-state index is 0.0281. The number of amides is 1. The van der Waals surface area contributed by atoms with Crippen LogP contribution in [-0.4, -0.2) is 19.1 Å². The lowest BCUT2D eigenvalue weighted by atomic mass is 10.2. The summed E-state index contributed by atoms with van der Waals surface area (Å²) in [5, 5.41) is 2.71. The standard InChI is InChI=1S/C8H16FNO/c1-7(2)8(11)10-6-4-3-5-9/h7H,3-6H2,1-2H3,(H,10,11). The van der Waals surface area contributed by atoms with Gasteiger partial charge in [-0.25, -0.2) is 0 Å². The molecule has 0 aliphatic carbocycles. The van der Waals surface area contributed by atoms with Gasteiger partial charge in [0.15, 0.2) is 0 Å². The van der Waals surface area contributed by atoms with E-state index in [4.69, 9.17) is 0 Å². The van der Waals surface area contributed by atoms with Crippen LogP contribution < -0.4 is 5.32 Å². The first-order valence-electron chi connectivity index (χ1n) is 4.02. The molecule has 0 aromatic rings. The van der Waals surface area contributed by atoms with Gasteiger partial charge in [0.2, 0.25) is 5.91 Å². The summed E-state index contributed by atoms with van der Waals surface area (Å²) in [5.74, 6) is 0.0734. The topological polar surface area (TPSA) is 29.1 Å². The number of unbranched alkanes of at least 4 members (excludes halogenated alkanes) is 1. The summed E-state index contributed by atoms with van der Waals surface area (Å²) in [7, 11) is 0. The Morgan fingerprint density at radius 2 is 2.09 bits per heavy atom. The smallest absolute Gasteiger partial charge is 0.222 e. The van der Waals surface area contributed by atoms with Gasteiger partial charge in [0, 0.05) is 12.5 Å². The third-order valence-corrected chi connectivity index (χ3v) is 1.38. The number of nitrogens with one attached hydrogen (secondary N) is 1. The number of alkyl halides is 1. The van der Waals surface area contributed by atoms with Crippen molar-refractivity contribution in [2.24, 2.45) is 5.92 Å². The van der Waals surface area contributed by atoms with Crippen LogP contribution in [0, 0.1) is 5.92 Å². The van der Waals surface area contributed by atoms with Crippen molar-refractivity contribution in [3.05, 3.63) is 0 Å². The molecule has 0 spiro atoms. The third-order valence-electron chi connectivity index (χ3n) is 1.38. The van der Waals surface area contributed by atoms with E-state index in [-0.39, 0.29) is 18.5 Å². The second kappa shape index (κ2) is 6.13. The number of hydrogen-bond donors (Lipinski definition) is 1. The van der Waals surface area contributed by atoms with Gasteiger partial charge in [0.25, 0.3) is 0 Å². The number of carbonyl (C=O) groups excluding carboxylic acids is 1. The molecular weight excluding hydrogens is 145 g/mol. The molecule has 0 rings (SSSR count). The van der Waals surface area contributed by atoms with Gasteiger partial charge in [-0.1, -0.05) is 13.8 Å². The minimum Gasteiger partial charge on any atom is -0.356 e. The van der Waals surface area contributed by atoms with E-state index < -0.39 is 0 Å². The highest BCUT2D eigenvalue weighted by molar-refractivity contribution is 5.77. The second-order valence-electron chi connectivity index (χ2n) is 2.84. The molecule has 1 N–H and O–H groups in total. The van der Waals surface area contributed by atoms with Gasteiger partial charge in [-0.05, 0) is 12.8 Å². The predicted octanol–water partition coefficient (Wildman–Crippen LogP) is 1.51. The van der Waals surface area contributed by atoms with Crippen molar-refractivity contribution in [1.29, 1.82) is 0 Å². The van der Waals surface area contributed by atoms with E-state index in [1.807, 2.05) is 13.8 Å². The Bertz CT molecular complexity index is 115. The number of carbonyl (C=O) groups is 1. The van der Waals surface area contributed by atoms with Crippen LogP contribution in [-0.2, 0) is 4.79 Å². The average Bonchev–Trinajstić information content (AvgIpc) is 1.97. The molecule has 0 radical (unpaired) electrons. The number of halogens is 1. The fraction of sp³-hybridized carbons (Fsp3) is 0.875. The lowest BCUT2D eigenvalue weighted by Gasteiger charge is -2.05. The van der Waals surface area contributed by atoms with Crippen LogP contribution in [0.25, 0.3) is 0 Å². The third kappa shape index (κ3) is 5.83. The van der Waals surface area contributed by atoms with Gasteiger partial charge in [-0.3, -0.25) is 9.18 Å². The van der Waals surface area contributed by atoms with Crippen molar-refractivity contribution in [1.82, 2.24) is 5.32 Å². The van der Waals surface area contributed by atoms with E-state index in [1.54, 1.807) is 0 Å². The van der Waals surface area contributed by atoms with E-state index >= 15 is 0 Å². The van der Waals surface area contributed by atoms with Gasteiger partial charge in [-0.2, -0.15) is 0 Å². The lowest BCUT2D eigenvalue weighted by Crippen LogP contribution is -2.28. The molecule has 0 saturated carbocycles. The molecule has 1 amide bonds. The molecule has 0 heterocycles. The maximum Gasteiger partial charge on any atom is 0.222 e. The maximum atomic E-state index is 11.6. The van der Waals surface area contributed by atoms with Gasteiger partial charge in [-0.15, -0.1) is 0 Å². The largest absolute Gasteiger partial charge is 0.356 e. The van der Waals surface area contributed by atoms with Crippen molar-refractivity contribution in [2.45, 2.75) is 26.7 Å². The fourth-order valence-electron chi connectivity index (χ4n) is 0.635. The minimum atomic E-state index is -0.294. The quantitative estimate of drug-likeness (QED) is 0.608. The van der Waals surface area contributed by atoms with Gasteiger partial charge >= 0.3 is 0 Å². The first-order valence-corrected chi connectivity index (χ1v) is 4.02. The molecule has 0 bridgehead atoms. The molecule has 0 unspecified atom stereocenters. The van der Waals surface area contributed by atoms with E-state index in [2.05, 4.69) is 5.32 Å². The van der Waals surface area contributed by atoms with Crippen LogP contribution >= 0.6 is 0 Å². The predicted molar refractivity (Wildman–Crippen MR) is 43.1 cm³/mol. The van der Waals surface area contributed by atoms with E-state index in [0.29, 0.717) is 13.0 Å². The average molecular weight is 161 g/mol. The molecule has 0 aromatic heterocycles. The van der Waals surface area contributed by atoms with Crippen LogP contribution in [0.2, 0.25) is 0 Å². The van der Waals surface area contributed by atoms with Crippen LogP contribution in [0.15, 0.2) is 0 Å². The Kier molecular flexibility index (Phi) is 5.80. The molecule has 11 heavy (non-hydrogen) atoms. The molecular formula is C8H16FNO. The normalized spacial score (nSPS) is 10.2. The molecule has 66 valence electrons. The zero-order valence-electron chi connectivity index (χ0n) is 7.19. The highest BCUT2D eigenvalue weighted by atomic mass is 19.1. The zero-order valence-corrected chi connectivity index (χ0v) is 7.19. The Morgan fingerprint density at radius 3 is 2.55 bits per heavy atom. The zero-order chi connectivity index (χ0) is 8.69. The van der Waals surface area contributed by atoms with Crippen LogP contribution in [0.4, 0.5) is 4.39 Å². The van der Waals surface area contributed by atoms with Gasteiger partial charge in [0.05, 0.1) is 6.67 Å². The van der Waals surface area contributed by atoms with Crippen molar-refractivity contribution in [2.75, 3.05) is 13.2 Å². The second-order valence-corrected chi connectivity index (χ2v) is 2.84. The maximum absolute atomic E-state index is 11.6. The monoisotopic (exact) mass is 161 g/mol. The molecule has 0 saturated heterocycles. The van der Waals surface area contributed by atoms with Gasteiger partial charge in [0.1, 0.15) is 0 Å². The molecule has 0 aliphatic heterocycles. The first-order chi connectivity index (χ1) is 5.18. The summed E-state index contributed by atoms with van der Waals surface area (Å²) < 4.78 is 11.6. The number of hydrogen-bond acceptors (Lipinski definition) is 1. The van der Waals surface area contributed by atoms with E-state index in [0.717, 1.165) is 6.42 Å². The molecule has 0 aliphatic rings. The van der Waals surface area contributed by atoms with Crippen molar-refractivity contribution in [3.63, 3.8) is 0 Å². The summed E-state index contributed by atoms with van der Waals surface area (Å²) in [6.07, 6.45) is 1.27.